The van der Waals surface area contributed by atoms with Crippen LogP contribution in [-0.2, 0) is 0 Å². The molecule has 2 atom stereocenters. The molecule has 156 valence electrons. The Labute approximate surface area is 178 Å². The van der Waals surface area contributed by atoms with E-state index in [1.165, 1.54) is 31.5 Å². The number of nitrogens with zero attached hydrogens (tertiary/aromatic N) is 2. The first-order valence-corrected chi connectivity index (χ1v) is 11.1. The molecule has 2 aliphatic rings. The van der Waals surface area contributed by atoms with Crippen LogP contribution < -0.4 is 10.2 Å². The molecule has 2 aliphatic heterocycles. The van der Waals surface area contributed by atoms with Crippen LogP contribution in [0, 0.1) is 6.92 Å². The van der Waals surface area contributed by atoms with Crippen LogP contribution in [0.1, 0.15) is 42.1 Å². The predicted molar refractivity (Wildman–Crippen MR) is 123 cm³/mol. The summed E-state index contributed by atoms with van der Waals surface area (Å²) in [7, 11) is 0. The lowest BCUT2D eigenvalue weighted by molar-refractivity contribution is 0.102. The average molecular weight is 403 g/mol. The molecule has 1 amide bonds. The Bertz CT molecular complexity index is 1070. The summed E-state index contributed by atoms with van der Waals surface area (Å²) in [5, 5.41) is 4.19. The van der Waals surface area contributed by atoms with Crippen LogP contribution in [0.25, 0.3) is 10.9 Å². The van der Waals surface area contributed by atoms with Crippen molar-refractivity contribution >= 4 is 28.2 Å². The first-order chi connectivity index (χ1) is 14.6. The van der Waals surface area contributed by atoms with E-state index in [1.807, 2.05) is 36.5 Å². The number of aryl methyl sites for hydroxylation is 1. The van der Waals surface area contributed by atoms with Crippen LogP contribution in [0.5, 0.6) is 0 Å². The van der Waals surface area contributed by atoms with Gasteiger partial charge in [0.05, 0.1) is 0 Å². The number of likely N-dealkylation sites (tertiary alicyclic amines) is 1. The standard InChI is InChI=1S/C25H30N4O/c1-17-14-21(28-13-10-22(16-28)29-12-3-4-18(29)2)7-8-23(17)27-25(30)20-6-5-19-9-11-26-24(19)15-20/h5-9,11,14-15,18,22,26H,3-4,10,12-13,16H2,1-2H3,(H,27,30)/t18-,22-/m0/s1. The molecule has 0 aliphatic carbocycles. The Morgan fingerprint density at radius 3 is 2.80 bits per heavy atom. The molecular formula is C25H30N4O. The van der Waals surface area contributed by atoms with E-state index in [0.717, 1.165) is 41.3 Å². The monoisotopic (exact) mass is 402 g/mol. The average Bonchev–Trinajstić information content (AvgIpc) is 3.48. The highest BCUT2D eigenvalue weighted by molar-refractivity contribution is 6.06. The number of carbonyl (C=O) groups excluding carboxylic acids is 1. The van der Waals surface area contributed by atoms with E-state index < -0.39 is 0 Å². The van der Waals surface area contributed by atoms with Crippen molar-refractivity contribution in [1.82, 2.24) is 9.88 Å². The maximum Gasteiger partial charge on any atom is 0.255 e. The molecule has 5 nitrogen and oxygen atoms in total. The summed E-state index contributed by atoms with van der Waals surface area (Å²) in [5.74, 6) is -0.0772. The second-order valence-corrected chi connectivity index (χ2v) is 8.85. The van der Waals surface area contributed by atoms with Gasteiger partial charge in [0.1, 0.15) is 0 Å². The summed E-state index contributed by atoms with van der Waals surface area (Å²) < 4.78 is 0. The van der Waals surface area contributed by atoms with Crippen LogP contribution in [-0.4, -0.2) is 47.5 Å². The summed E-state index contributed by atoms with van der Waals surface area (Å²) in [6.45, 7) is 7.90. The molecule has 1 aromatic heterocycles. The Morgan fingerprint density at radius 1 is 1.10 bits per heavy atom. The Kier molecular flexibility index (Phi) is 4.99. The number of aromatic nitrogens is 1. The zero-order chi connectivity index (χ0) is 20.7. The van der Waals surface area contributed by atoms with E-state index in [-0.39, 0.29) is 5.91 Å². The summed E-state index contributed by atoms with van der Waals surface area (Å²) in [6, 6.07) is 15.5. The van der Waals surface area contributed by atoms with Gasteiger partial charge in [0.15, 0.2) is 0 Å². The molecule has 2 fully saturated rings. The van der Waals surface area contributed by atoms with E-state index in [1.54, 1.807) is 0 Å². The number of amides is 1. The molecule has 30 heavy (non-hydrogen) atoms. The van der Waals surface area contributed by atoms with Gasteiger partial charge in [-0.15, -0.1) is 0 Å². The molecule has 0 bridgehead atoms. The van der Waals surface area contributed by atoms with Gasteiger partial charge in [-0.05, 0) is 87.0 Å². The van der Waals surface area contributed by atoms with Crippen molar-refractivity contribution in [2.45, 2.75) is 45.2 Å². The van der Waals surface area contributed by atoms with Gasteiger partial charge < -0.3 is 15.2 Å². The molecule has 2 saturated heterocycles. The minimum Gasteiger partial charge on any atom is -0.370 e. The number of rotatable bonds is 4. The second-order valence-electron chi connectivity index (χ2n) is 8.85. The number of fused-ring (bicyclic) bond motifs is 1. The molecule has 0 spiro atoms. The first kappa shape index (κ1) is 19.2. The highest BCUT2D eigenvalue weighted by atomic mass is 16.1. The molecule has 5 rings (SSSR count). The van der Waals surface area contributed by atoms with Crippen molar-refractivity contribution < 1.29 is 4.79 Å². The lowest BCUT2D eigenvalue weighted by atomic mass is 10.1. The molecule has 2 aromatic carbocycles. The smallest absolute Gasteiger partial charge is 0.255 e. The minimum atomic E-state index is -0.0772. The van der Waals surface area contributed by atoms with Gasteiger partial charge in [-0.2, -0.15) is 0 Å². The number of hydrogen-bond donors (Lipinski definition) is 2. The maximum atomic E-state index is 12.8. The van der Waals surface area contributed by atoms with Gasteiger partial charge in [-0.25, -0.2) is 0 Å². The van der Waals surface area contributed by atoms with Gasteiger partial charge in [0.25, 0.3) is 5.91 Å². The fourth-order valence-electron chi connectivity index (χ4n) is 5.11. The molecule has 0 radical (unpaired) electrons. The maximum absolute atomic E-state index is 12.8. The van der Waals surface area contributed by atoms with Gasteiger partial charge in [-0.3, -0.25) is 9.69 Å². The van der Waals surface area contributed by atoms with Crippen molar-refractivity contribution in [2.24, 2.45) is 0 Å². The molecule has 0 unspecified atom stereocenters. The lowest BCUT2D eigenvalue weighted by Gasteiger charge is -2.28. The lowest BCUT2D eigenvalue weighted by Crippen LogP contribution is -2.39. The third-order valence-electron chi connectivity index (χ3n) is 6.88. The fraction of sp³-hybridized carbons (Fsp3) is 0.400. The molecule has 3 heterocycles. The number of anilines is 2. The van der Waals surface area contributed by atoms with Crippen LogP contribution >= 0.6 is 0 Å². The molecule has 0 saturated carbocycles. The predicted octanol–water partition coefficient (Wildman–Crippen LogP) is 4.79. The zero-order valence-electron chi connectivity index (χ0n) is 17.8. The summed E-state index contributed by atoms with van der Waals surface area (Å²) in [6.07, 6.45) is 5.80. The van der Waals surface area contributed by atoms with Gasteiger partial charge in [0, 0.05) is 53.8 Å². The quantitative estimate of drug-likeness (QED) is 0.660. The molecule has 3 aromatic rings. The third-order valence-corrected chi connectivity index (χ3v) is 6.88. The van der Waals surface area contributed by atoms with Crippen molar-refractivity contribution in [3.63, 3.8) is 0 Å². The highest BCUT2D eigenvalue weighted by Crippen LogP contribution is 2.30. The van der Waals surface area contributed by atoms with Crippen LogP contribution in [0.4, 0.5) is 11.4 Å². The van der Waals surface area contributed by atoms with Gasteiger partial charge >= 0.3 is 0 Å². The molecule has 5 heteroatoms. The van der Waals surface area contributed by atoms with Gasteiger partial charge in [-0.1, -0.05) is 6.07 Å². The normalized spacial score (nSPS) is 22.1. The van der Waals surface area contributed by atoms with Crippen molar-refractivity contribution in [3.05, 3.63) is 59.8 Å². The largest absolute Gasteiger partial charge is 0.370 e. The molecular weight excluding hydrogens is 372 g/mol. The van der Waals surface area contributed by atoms with E-state index in [4.69, 9.17) is 0 Å². The number of nitrogens with one attached hydrogen (secondary N) is 2. The van der Waals surface area contributed by atoms with Crippen molar-refractivity contribution in [2.75, 3.05) is 29.9 Å². The van der Waals surface area contributed by atoms with Gasteiger partial charge in [0.2, 0.25) is 0 Å². The van der Waals surface area contributed by atoms with E-state index in [2.05, 4.69) is 46.1 Å². The summed E-state index contributed by atoms with van der Waals surface area (Å²) >= 11 is 0. The highest BCUT2D eigenvalue weighted by Gasteiger charge is 2.32. The summed E-state index contributed by atoms with van der Waals surface area (Å²) in [4.78, 5) is 21.1. The number of carbonyl (C=O) groups is 1. The molecule has 2 N–H and O–H groups in total. The SMILES string of the molecule is Cc1cc(N2CC[C@H](N3CCC[C@@H]3C)C2)ccc1NC(=O)c1ccc2cc[nH]c2c1. The van der Waals surface area contributed by atoms with Crippen LogP contribution in [0.15, 0.2) is 48.7 Å². The van der Waals surface area contributed by atoms with Crippen molar-refractivity contribution in [3.8, 4) is 0 Å². The first-order valence-electron chi connectivity index (χ1n) is 11.1. The fourth-order valence-corrected chi connectivity index (χ4v) is 5.11. The van der Waals surface area contributed by atoms with E-state index >= 15 is 0 Å². The van der Waals surface area contributed by atoms with E-state index in [0.29, 0.717) is 11.6 Å². The third kappa shape index (κ3) is 3.58. The van der Waals surface area contributed by atoms with Crippen molar-refractivity contribution in [1.29, 1.82) is 0 Å². The Hall–Kier alpha value is -2.79. The number of H-pyrrole nitrogens is 1. The second kappa shape index (κ2) is 7.80. The topological polar surface area (TPSA) is 51.4 Å². The summed E-state index contributed by atoms with van der Waals surface area (Å²) in [5.41, 5.74) is 4.87. The number of benzene rings is 2. The van der Waals surface area contributed by atoms with E-state index in [9.17, 15) is 4.79 Å². The number of aromatic amines is 1. The Balaban J connectivity index is 1.27. The Morgan fingerprint density at radius 2 is 2.00 bits per heavy atom. The van der Waals surface area contributed by atoms with Crippen LogP contribution in [0.3, 0.4) is 0 Å². The number of hydrogen-bond acceptors (Lipinski definition) is 3. The van der Waals surface area contributed by atoms with Crippen LogP contribution in [0.2, 0.25) is 0 Å². The zero-order valence-corrected chi connectivity index (χ0v) is 17.8. The minimum absolute atomic E-state index is 0.0772.